The number of para-hydroxylation sites is 1. The Hall–Kier alpha value is -2.86. The number of fused-ring (bicyclic) bond motifs is 1. The number of amides is 2. The minimum Gasteiger partial charge on any atom is -0.484 e. The maximum atomic E-state index is 12.0. The molecule has 6 nitrogen and oxygen atoms in total. The molecule has 3 rings (SSSR count). The molecule has 28 heavy (non-hydrogen) atoms. The largest absolute Gasteiger partial charge is 0.484 e. The molecule has 0 fully saturated rings. The van der Waals surface area contributed by atoms with E-state index in [9.17, 15) is 9.59 Å². The second kappa shape index (κ2) is 9.90. The van der Waals surface area contributed by atoms with Crippen LogP contribution in [-0.4, -0.2) is 49.0 Å². The van der Waals surface area contributed by atoms with Gasteiger partial charge in [-0.15, -0.1) is 0 Å². The van der Waals surface area contributed by atoms with Crippen molar-refractivity contribution in [3.05, 3.63) is 65.7 Å². The summed E-state index contributed by atoms with van der Waals surface area (Å²) >= 11 is 0. The minimum absolute atomic E-state index is 0.0491. The predicted octanol–water partition coefficient (Wildman–Crippen LogP) is 1.74. The number of ether oxygens (including phenoxy) is 1. The van der Waals surface area contributed by atoms with Crippen LogP contribution in [-0.2, 0) is 22.6 Å². The number of carbonyl (C=O) groups is 2. The van der Waals surface area contributed by atoms with Gasteiger partial charge in [-0.2, -0.15) is 0 Å². The average Bonchev–Trinajstić information content (AvgIpc) is 2.75. The van der Waals surface area contributed by atoms with Crippen LogP contribution in [0.2, 0.25) is 0 Å². The van der Waals surface area contributed by atoms with Gasteiger partial charge in [-0.1, -0.05) is 42.5 Å². The topological polar surface area (TPSA) is 70.7 Å². The fourth-order valence-corrected chi connectivity index (χ4v) is 3.24. The lowest BCUT2D eigenvalue weighted by Gasteiger charge is -2.33. The number of rotatable bonds is 8. The summed E-state index contributed by atoms with van der Waals surface area (Å²) in [5.74, 6) is 0.107. The number of benzene rings is 2. The molecule has 0 spiro atoms. The molecule has 2 amide bonds. The Labute approximate surface area is 165 Å². The summed E-state index contributed by atoms with van der Waals surface area (Å²) in [6.07, 6.45) is 1.03. The molecule has 1 atom stereocenters. The summed E-state index contributed by atoms with van der Waals surface area (Å²) < 4.78 is 5.36. The molecule has 2 aromatic carbocycles. The number of nitrogens with zero attached hydrogens (tertiary/aromatic N) is 1. The molecule has 0 aliphatic carbocycles. The van der Waals surface area contributed by atoms with Crippen LogP contribution in [0.1, 0.15) is 18.1 Å². The molecule has 1 unspecified atom stereocenters. The van der Waals surface area contributed by atoms with Crippen LogP contribution in [0.25, 0.3) is 0 Å². The lowest BCUT2D eigenvalue weighted by molar-refractivity contribution is -0.127. The molecule has 2 aromatic rings. The molecule has 0 saturated heterocycles. The van der Waals surface area contributed by atoms with Crippen molar-refractivity contribution >= 4 is 11.8 Å². The normalized spacial score (nSPS) is 14.6. The average molecular weight is 381 g/mol. The fourth-order valence-electron chi connectivity index (χ4n) is 3.24. The van der Waals surface area contributed by atoms with Gasteiger partial charge in [0.05, 0.1) is 6.54 Å². The van der Waals surface area contributed by atoms with Gasteiger partial charge in [-0.05, 0) is 36.6 Å². The van der Waals surface area contributed by atoms with Gasteiger partial charge in [0.2, 0.25) is 5.91 Å². The van der Waals surface area contributed by atoms with Crippen LogP contribution in [0.4, 0.5) is 0 Å². The van der Waals surface area contributed by atoms with Crippen molar-refractivity contribution in [3.8, 4) is 5.75 Å². The van der Waals surface area contributed by atoms with Gasteiger partial charge in [0.25, 0.3) is 5.91 Å². The zero-order chi connectivity index (χ0) is 19.8. The standard InChI is InChI=1S/C22H27N3O3/c1-17(25-12-11-18-7-5-6-8-19(18)15-25)13-23-21(26)14-24-22(27)16-28-20-9-3-2-4-10-20/h2-10,17H,11-16H2,1H3,(H,23,26)(H,24,27). The van der Waals surface area contributed by atoms with E-state index in [1.807, 2.05) is 18.2 Å². The van der Waals surface area contributed by atoms with Crippen molar-refractivity contribution in [1.82, 2.24) is 15.5 Å². The molecular weight excluding hydrogens is 354 g/mol. The molecule has 148 valence electrons. The van der Waals surface area contributed by atoms with Crippen LogP contribution >= 0.6 is 0 Å². The van der Waals surface area contributed by atoms with Crippen molar-refractivity contribution in [2.75, 3.05) is 26.2 Å². The van der Waals surface area contributed by atoms with Gasteiger partial charge in [0.1, 0.15) is 5.75 Å². The molecule has 1 aliphatic heterocycles. The first-order chi connectivity index (χ1) is 13.6. The van der Waals surface area contributed by atoms with Crippen molar-refractivity contribution < 1.29 is 14.3 Å². The van der Waals surface area contributed by atoms with Crippen molar-refractivity contribution in [3.63, 3.8) is 0 Å². The van der Waals surface area contributed by atoms with Gasteiger partial charge in [0.15, 0.2) is 6.61 Å². The Kier molecular flexibility index (Phi) is 7.03. The molecule has 0 bridgehead atoms. The summed E-state index contributed by atoms with van der Waals surface area (Å²) in [6, 6.07) is 17.8. The summed E-state index contributed by atoms with van der Waals surface area (Å²) in [5, 5.41) is 5.48. The SMILES string of the molecule is CC(CNC(=O)CNC(=O)COc1ccccc1)N1CCc2ccccc2C1. The van der Waals surface area contributed by atoms with E-state index in [4.69, 9.17) is 4.74 Å². The van der Waals surface area contributed by atoms with Crippen LogP contribution < -0.4 is 15.4 Å². The highest BCUT2D eigenvalue weighted by molar-refractivity contribution is 5.85. The van der Waals surface area contributed by atoms with E-state index >= 15 is 0 Å². The van der Waals surface area contributed by atoms with Crippen LogP contribution in [0, 0.1) is 0 Å². The highest BCUT2D eigenvalue weighted by atomic mass is 16.5. The highest BCUT2D eigenvalue weighted by Crippen LogP contribution is 2.19. The summed E-state index contributed by atoms with van der Waals surface area (Å²) in [7, 11) is 0. The van der Waals surface area contributed by atoms with Crippen LogP contribution in [0.5, 0.6) is 5.75 Å². The molecule has 1 aliphatic rings. The van der Waals surface area contributed by atoms with E-state index < -0.39 is 0 Å². The monoisotopic (exact) mass is 381 g/mol. The molecule has 0 radical (unpaired) electrons. The molecule has 6 heteroatoms. The number of hydrogen-bond donors (Lipinski definition) is 2. The second-order valence-electron chi connectivity index (χ2n) is 7.02. The zero-order valence-corrected chi connectivity index (χ0v) is 16.2. The third-order valence-electron chi connectivity index (χ3n) is 4.94. The van der Waals surface area contributed by atoms with Crippen molar-refractivity contribution in [2.45, 2.75) is 25.9 Å². The summed E-state index contributed by atoms with van der Waals surface area (Å²) in [4.78, 5) is 26.2. The third kappa shape index (κ3) is 5.82. The Morgan fingerprint density at radius 2 is 1.71 bits per heavy atom. The van der Waals surface area contributed by atoms with E-state index in [1.54, 1.807) is 12.1 Å². The van der Waals surface area contributed by atoms with E-state index in [1.165, 1.54) is 11.1 Å². The van der Waals surface area contributed by atoms with Crippen LogP contribution in [0.15, 0.2) is 54.6 Å². The van der Waals surface area contributed by atoms with Crippen molar-refractivity contribution in [2.24, 2.45) is 0 Å². The first-order valence-corrected chi connectivity index (χ1v) is 9.64. The molecule has 0 aromatic heterocycles. The fraction of sp³-hybridized carbons (Fsp3) is 0.364. The minimum atomic E-state index is -0.320. The van der Waals surface area contributed by atoms with Crippen LogP contribution in [0.3, 0.4) is 0 Å². The first-order valence-electron chi connectivity index (χ1n) is 9.64. The maximum Gasteiger partial charge on any atom is 0.258 e. The van der Waals surface area contributed by atoms with E-state index in [2.05, 4.69) is 46.7 Å². The van der Waals surface area contributed by atoms with E-state index in [-0.39, 0.29) is 31.0 Å². The van der Waals surface area contributed by atoms with E-state index in [0.717, 1.165) is 19.5 Å². The van der Waals surface area contributed by atoms with Gasteiger partial charge in [-0.3, -0.25) is 14.5 Å². The predicted molar refractivity (Wildman–Crippen MR) is 108 cm³/mol. The number of hydrogen-bond acceptors (Lipinski definition) is 4. The van der Waals surface area contributed by atoms with Gasteiger partial charge < -0.3 is 15.4 Å². The highest BCUT2D eigenvalue weighted by Gasteiger charge is 2.20. The van der Waals surface area contributed by atoms with Gasteiger partial charge in [-0.25, -0.2) is 0 Å². The molecule has 1 heterocycles. The quantitative estimate of drug-likeness (QED) is 0.731. The summed E-state index contributed by atoms with van der Waals surface area (Å²) in [6.45, 7) is 4.40. The number of nitrogens with one attached hydrogen (secondary N) is 2. The number of carbonyl (C=O) groups excluding carboxylic acids is 2. The first kappa shape index (κ1) is 19.9. The second-order valence-corrected chi connectivity index (χ2v) is 7.02. The maximum absolute atomic E-state index is 12.0. The molecule has 0 saturated carbocycles. The summed E-state index contributed by atoms with van der Waals surface area (Å²) in [5.41, 5.74) is 2.77. The Balaban J connectivity index is 1.33. The van der Waals surface area contributed by atoms with Crippen molar-refractivity contribution in [1.29, 1.82) is 0 Å². The third-order valence-corrected chi connectivity index (χ3v) is 4.94. The smallest absolute Gasteiger partial charge is 0.258 e. The Morgan fingerprint density at radius 3 is 2.50 bits per heavy atom. The Morgan fingerprint density at radius 1 is 1.00 bits per heavy atom. The van der Waals surface area contributed by atoms with Gasteiger partial charge >= 0.3 is 0 Å². The molecular formula is C22H27N3O3. The lowest BCUT2D eigenvalue weighted by atomic mass is 9.99. The van der Waals surface area contributed by atoms with Gasteiger partial charge in [0, 0.05) is 25.7 Å². The Bertz CT molecular complexity index is 795. The zero-order valence-electron chi connectivity index (χ0n) is 16.2. The molecule has 2 N–H and O–H groups in total. The van der Waals surface area contributed by atoms with E-state index in [0.29, 0.717) is 12.3 Å². The lowest BCUT2D eigenvalue weighted by Crippen LogP contribution is -2.46.